The quantitative estimate of drug-likeness (QED) is 0.717. The van der Waals surface area contributed by atoms with Crippen molar-refractivity contribution in [2.45, 2.75) is 12.5 Å². The normalized spacial score (nSPS) is 18.3. The second-order valence-corrected chi connectivity index (χ2v) is 4.66. The van der Waals surface area contributed by atoms with E-state index in [2.05, 4.69) is 10.3 Å². The highest BCUT2D eigenvalue weighted by molar-refractivity contribution is 5.89. The number of rotatable bonds is 4. The molecule has 0 aliphatic carbocycles. The fourth-order valence-electron chi connectivity index (χ4n) is 1.97. The van der Waals surface area contributed by atoms with Crippen molar-refractivity contribution in [1.82, 2.24) is 9.88 Å². The molecule has 0 spiro atoms. The molecule has 1 unspecified atom stereocenters. The first kappa shape index (κ1) is 15.2. The average Bonchev–Trinajstić information content (AvgIpc) is 2.49. The third-order valence-corrected chi connectivity index (χ3v) is 3.04. The van der Waals surface area contributed by atoms with Crippen LogP contribution < -0.4 is 5.32 Å². The number of urea groups is 1. The van der Waals surface area contributed by atoms with Crippen LogP contribution in [0.25, 0.3) is 0 Å². The topological polar surface area (TPSA) is 112 Å². The van der Waals surface area contributed by atoms with Crippen LogP contribution in [0.2, 0.25) is 0 Å². The van der Waals surface area contributed by atoms with Crippen LogP contribution in [0.15, 0.2) is 18.3 Å². The lowest BCUT2D eigenvalue weighted by Crippen LogP contribution is -2.48. The van der Waals surface area contributed by atoms with Gasteiger partial charge in [-0.15, -0.1) is 0 Å². The van der Waals surface area contributed by atoms with Gasteiger partial charge in [0.05, 0.1) is 49.9 Å². The van der Waals surface area contributed by atoms with E-state index in [1.165, 1.54) is 6.20 Å². The Bertz CT molecular complexity index is 505. The molecule has 1 fully saturated rings. The molecule has 0 radical (unpaired) electrons. The molecule has 0 saturated carbocycles. The predicted molar refractivity (Wildman–Crippen MR) is 73.0 cm³/mol. The Morgan fingerprint density at radius 2 is 2.29 bits per heavy atom. The molecule has 8 heteroatoms. The van der Waals surface area contributed by atoms with E-state index in [4.69, 9.17) is 14.9 Å². The lowest BCUT2D eigenvalue weighted by atomic mass is 10.2. The molecule has 114 valence electrons. The Labute approximate surface area is 121 Å². The summed E-state index contributed by atoms with van der Waals surface area (Å²) in [7, 11) is 0. The average molecular weight is 295 g/mol. The zero-order valence-corrected chi connectivity index (χ0v) is 11.4. The maximum Gasteiger partial charge on any atom is 0.322 e. The van der Waals surface area contributed by atoms with E-state index >= 15 is 0 Å². The van der Waals surface area contributed by atoms with Crippen molar-refractivity contribution in [2.24, 2.45) is 0 Å². The smallest absolute Gasteiger partial charge is 0.322 e. The van der Waals surface area contributed by atoms with Crippen molar-refractivity contribution in [3.63, 3.8) is 0 Å². The zero-order chi connectivity index (χ0) is 15.2. The number of hydrogen-bond donors (Lipinski definition) is 3. The fraction of sp³-hybridized carbons (Fsp3) is 0.462. The summed E-state index contributed by atoms with van der Waals surface area (Å²) in [5.74, 6) is -0.956. The molecular weight excluding hydrogens is 278 g/mol. The number of nitrogens with zero attached hydrogens (tertiary/aromatic N) is 2. The van der Waals surface area contributed by atoms with E-state index in [9.17, 15) is 9.59 Å². The molecule has 1 aromatic heterocycles. The van der Waals surface area contributed by atoms with Gasteiger partial charge >= 0.3 is 12.0 Å². The van der Waals surface area contributed by atoms with Gasteiger partial charge in [-0.05, 0) is 12.1 Å². The Hall–Kier alpha value is -2.19. The van der Waals surface area contributed by atoms with Crippen LogP contribution in [-0.4, -0.2) is 64.5 Å². The van der Waals surface area contributed by atoms with Gasteiger partial charge in [-0.3, -0.25) is 9.78 Å². The number of aliphatic carboxylic acids is 1. The Balaban J connectivity index is 1.91. The van der Waals surface area contributed by atoms with E-state index in [0.29, 0.717) is 31.1 Å². The highest BCUT2D eigenvalue weighted by Gasteiger charge is 2.23. The molecule has 3 N–H and O–H groups in total. The van der Waals surface area contributed by atoms with E-state index in [1.54, 1.807) is 17.0 Å². The minimum Gasteiger partial charge on any atom is -0.481 e. The minimum absolute atomic E-state index is 0.130. The summed E-state index contributed by atoms with van der Waals surface area (Å²) in [6.45, 7) is 1.03. The monoisotopic (exact) mass is 295 g/mol. The number of nitrogens with one attached hydrogen (secondary N) is 1. The first-order valence-electron chi connectivity index (χ1n) is 6.53. The van der Waals surface area contributed by atoms with Gasteiger partial charge in [-0.1, -0.05) is 0 Å². The molecule has 2 rings (SSSR count). The van der Waals surface area contributed by atoms with E-state index in [0.717, 1.165) is 0 Å². The summed E-state index contributed by atoms with van der Waals surface area (Å²) in [5, 5.41) is 20.4. The molecule has 1 atom stereocenters. The number of carboxylic acids is 1. The number of aliphatic hydroxyl groups is 1. The third kappa shape index (κ3) is 4.40. The van der Waals surface area contributed by atoms with Crippen molar-refractivity contribution >= 4 is 17.7 Å². The zero-order valence-electron chi connectivity index (χ0n) is 11.4. The summed E-state index contributed by atoms with van der Waals surface area (Å²) in [6.07, 6.45) is 0.899. The first-order chi connectivity index (χ1) is 10.1. The largest absolute Gasteiger partial charge is 0.481 e. The third-order valence-electron chi connectivity index (χ3n) is 3.04. The lowest BCUT2D eigenvalue weighted by Gasteiger charge is -2.31. The van der Waals surface area contributed by atoms with E-state index < -0.39 is 5.97 Å². The van der Waals surface area contributed by atoms with Gasteiger partial charge in [-0.2, -0.15) is 0 Å². The summed E-state index contributed by atoms with van der Waals surface area (Å²) in [5.41, 5.74) is 0.911. The molecule has 0 aromatic carbocycles. The molecule has 0 bridgehead atoms. The molecule has 2 heterocycles. The number of carboxylic acid groups (broad SMARTS) is 1. The van der Waals surface area contributed by atoms with Crippen LogP contribution in [0.3, 0.4) is 0 Å². The molecule has 1 saturated heterocycles. The maximum absolute atomic E-state index is 12.0. The molecule has 1 aliphatic rings. The SMILES string of the molecule is O=C(O)Cc1ccc(NC(=O)N2CCOC(CO)C2)cn1. The van der Waals surface area contributed by atoms with Gasteiger partial charge < -0.3 is 25.2 Å². The van der Waals surface area contributed by atoms with Crippen molar-refractivity contribution in [3.05, 3.63) is 24.0 Å². The molecule has 8 nitrogen and oxygen atoms in total. The summed E-state index contributed by atoms with van der Waals surface area (Å²) in [4.78, 5) is 28.1. The summed E-state index contributed by atoms with van der Waals surface area (Å²) >= 11 is 0. The number of aliphatic hydroxyl groups excluding tert-OH is 1. The number of morpholine rings is 1. The second kappa shape index (κ2) is 7.00. The van der Waals surface area contributed by atoms with Crippen molar-refractivity contribution in [2.75, 3.05) is 31.6 Å². The number of carbonyl (C=O) groups is 2. The van der Waals surface area contributed by atoms with Crippen molar-refractivity contribution in [1.29, 1.82) is 0 Å². The van der Waals surface area contributed by atoms with E-state index in [1.807, 2.05) is 0 Å². The fourth-order valence-corrected chi connectivity index (χ4v) is 1.97. The van der Waals surface area contributed by atoms with Crippen LogP contribution >= 0.6 is 0 Å². The van der Waals surface area contributed by atoms with Gasteiger partial charge in [0, 0.05) is 6.54 Å². The van der Waals surface area contributed by atoms with Crippen LogP contribution in [0.5, 0.6) is 0 Å². The highest BCUT2D eigenvalue weighted by Crippen LogP contribution is 2.10. The van der Waals surface area contributed by atoms with Gasteiger partial charge in [0.25, 0.3) is 0 Å². The van der Waals surface area contributed by atoms with Gasteiger partial charge in [-0.25, -0.2) is 4.79 Å². The number of amides is 2. The Morgan fingerprint density at radius 3 is 2.90 bits per heavy atom. The van der Waals surface area contributed by atoms with Crippen molar-refractivity contribution in [3.8, 4) is 0 Å². The van der Waals surface area contributed by atoms with Crippen LogP contribution in [0.1, 0.15) is 5.69 Å². The van der Waals surface area contributed by atoms with Gasteiger partial charge in [0.1, 0.15) is 0 Å². The number of anilines is 1. The Kier molecular flexibility index (Phi) is 5.07. The molecule has 2 amide bonds. The van der Waals surface area contributed by atoms with Crippen LogP contribution in [0, 0.1) is 0 Å². The summed E-state index contributed by atoms with van der Waals surface area (Å²) < 4.78 is 5.27. The maximum atomic E-state index is 12.0. The summed E-state index contributed by atoms with van der Waals surface area (Å²) in [6, 6.07) is 2.86. The molecule has 1 aliphatic heterocycles. The predicted octanol–water partition coefficient (Wildman–Crippen LogP) is -0.0663. The highest BCUT2D eigenvalue weighted by atomic mass is 16.5. The molecule has 21 heavy (non-hydrogen) atoms. The Morgan fingerprint density at radius 1 is 1.48 bits per heavy atom. The standard InChI is InChI=1S/C13H17N3O5/c17-8-11-7-16(3-4-21-11)13(20)15-10-2-1-9(14-6-10)5-12(18)19/h1-2,6,11,17H,3-5,7-8H2,(H,15,20)(H,18,19). The van der Waals surface area contributed by atoms with Crippen LogP contribution in [0.4, 0.5) is 10.5 Å². The van der Waals surface area contributed by atoms with E-state index in [-0.39, 0.29) is 25.2 Å². The molecule has 1 aromatic rings. The molecular formula is C13H17N3O5. The second-order valence-electron chi connectivity index (χ2n) is 4.66. The number of hydrogen-bond acceptors (Lipinski definition) is 5. The number of pyridine rings is 1. The first-order valence-corrected chi connectivity index (χ1v) is 6.53. The van der Waals surface area contributed by atoms with Crippen LogP contribution in [-0.2, 0) is 16.0 Å². The van der Waals surface area contributed by atoms with Gasteiger partial charge in [0.15, 0.2) is 0 Å². The number of ether oxygens (including phenoxy) is 1. The number of carbonyl (C=O) groups excluding carboxylic acids is 1. The minimum atomic E-state index is -0.956. The van der Waals surface area contributed by atoms with Crippen molar-refractivity contribution < 1.29 is 24.5 Å². The number of aromatic nitrogens is 1. The lowest BCUT2D eigenvalue weighted by molar-refractivity contribution is -0.136. The van der Waals surface area contributed by atoms with Gasteiger partial charge in [0.2, 0.25) is 0 Å².